The van der Waals surface area contributed by atoms with E-state index in [1.165, 1.54) is 0 Å². The first-order valence-corrected chi connectivity index (χ1v) is 5.85. The molecule has 2 heterocycles. The zero-order chi connectivity index (χ0) is 12.6. The lowest BCUT2D eigenvalue weighted by molar-refractivity contribution is -0.0213. The van der Waals surface area contributed by atoms with Crippen LogP contribution in [0.25, 0.3) is 0 Å². The van der Waals surface area contributed by atoms with Crippen LogP contribution in [-0.2, 0) is 4.74 Å². The largest absolute Gasteiger partial charge is 0.444 e. The van der Waals surface area contributed by atoms with Gasteiger partial charge in [-0.05, 0) is 27.7 Å². The first-order valence-electron chi connectivity index (χ1n) is 5.85. The SMILES string of the molecule is CC1[C@@H](n2ccnc2)CN1C(=O)OC(C)(C)C. The number of carbonyl (C=O) groups is 1. The van der Waals surface area contributed by atoms with Crippen molar-refractivity contribution in [2.75, 3.05) is 6.54 Å². The lowest BCUT2D eigenvalue weighted by atomic mass is 9.99. The minimum absolute atomic E-state index is 0.152. The van der Waals surface area contributed by atoms with Crippen LogP contribution in [0.3, 0.4) is 0 Å². The molecule has 1 unspecified atom stereocenters. The second kappa shape index (κ2) is 4.05. The molecule has 1 aliphatic rings. The van der Waals surface area contributed by atoms with Gasteiger partial charge in [-0.25, -0.2) is 9.78 Å². The molecule has 0 aliphatic carbocycles. The van der Waals surface area contributed by atoms with E-state index in [1.807, 2.05) is 38.5 Å². The summed E-state index contributed by atoms with van der Waals surface area (Å²) in [6.45, 7) is 8.35. The lowest BCUT2D eigenvalue weighted by Gasteiger charge is -2.46. The molecule has 1 aliphatic heterocycles. The third-order valence-electron chi connectivity index (χ3n) is 2.97. The van der Waals surface area contributed by atoms with Crippen molar-refractivity contribution in [1.29, 1.82) is 0 Å². The van der Waals surface area contributed by atoms with E-state index in [4.69, 9.17) is 4.74 Å². The molecule has 2 atom stereocenters. The van der Waals surface area contributed by atoms with Crippen molar-refractivity contribution < 1.29 is 9.53 Å². The molecular formula is C12H19N3O2. The first kappa shape index (κ1) is 12.0. The zero-order valence-corrected chi connectivity index (χ0v) is 10.8. The molecule has 0 aromatic carbocycles. The molecule has 1 amide bonds. The van der Waals surface area contributed by atoms with Crippen LogP contribution in [0.4, 0.5) is 4.79 Å². The Morgan fingerprint density at radius 1 is 1.47 bits per heavy atom. The van der Waals surface area contributed by atoms with Gasteiger partial charge in [0.25, 0.3) is 0 Å². The van der Waals surface area contributed by atoms with Crippen molar-refractivity contribution in [3.63, 3.8) is 0 Å². The second-order valence-corrected chi connectivity index (χ2v) is 5.45. The fourth-order valence-electron chi connectivity index (χ4n) is 1.96. The molecule has 1 aromatic rings. The van der Waals surface area contributed by atoms with Crippen LogP contribution in [0.1, 0.15) is 33.7 Å². The van der Waals surface area contributed by atoms with Gasteiger partial charge in [0.1, 0.15) is 5.60 Å². The number of nitrogens with zero attached hydrogens (tertiary/aromatic N) is 3. The van der Waals surface area contributed by atoms with Gasteiger partial charge in [-0.2, -0.15) is 0 Å². The predicted octanol–water partition coefficient (Wildman–Crippen LogP) is 2.06. The second-order valence-electron chi connectivity index (χ2n) is 5.45. The summed E-state index contributed by atoms with van der Waals surface area (Å²) in [5, 5.41) is 0. The number of ether oxygens (including phenoxy) is 1. The molecule has 5 heteroatoms. The van der Waals surface area contributed by atoms with E-state index in [9.17, 15) is 4.79 Å². The highest BCUT2D eigenvalue weighted by Crippen LogP contribution is 2.30. The van der Waals surface area contributed by atoms with Crippen LogP contribution < -0.4 is 0 Å². The van der Waals surface area contributed by atoms with E-state index in [0.29, 0.717) is 12.6 Å². The maximum atomic E-state index is 11.8. The molecule has 94 valence electrons. The van der Waals surface area contributed by atoms with Crippen LogP contribution in [0, 0.1) is 0 Å². The van der Waals surface area contributed by atoms with E-state index in [2.05, 4.69) is 4.98 Å². The number of likely N-dealkylation sites (tertiary alicyclic amines) is 1. The van der Waals surface area contributed by atoms with Crippen molar-refractivity contribution in [2.45, 2.75) is 45.4 Å². The Labute approximate surface area is 101 Å². The molecule has 0 radical (unpaired) electrons. The summed E-state index contributed by atoms with van der Waals surface area (Å²) in [5.74, 6) is 0. The summed E-state index contributed by atoms with van der Waals surface area (Å²) >= 11 is 0. The monoisotopic (exact) mass is 237 g/mol. The molecule has 0 spiro atoms. The van der Waals surface area contributed by atoms with Crippen LogP contribution in [0.15, 0.2) is 18.7 Å². The fraction of sp³-hybridized carbons (Fsp3) is 0.667. The van der Waals surface area contributed by atoms with E-state index in [1.54, 1.807) is 17.4 Å². The smallest absolute Gasteiger partial charge is 0.410 e. The van der Waals surface area contributed by atoms with Crippen molar-refractivity contribution in [2.24, 2.45) is 0 Å². The number of hydrogen-bond acceptors (Lipinski definition) is 3. The third kappa shape index (κ3) is 2.43. The van der Waals surface area contributed by atoms with Crippen molar-refractivity contribution in [3.8, 4) is 0 Å². The van der Waals surface area contributed by atoms with E-state index >= 15 is 0 Å². The highest BCUT2D eigenvalue weighted by molar-refractivity contribution is 5.69. The number of rotatable bonds is 1. The molecule has 1 fully saturated rings. The van der Waals surface area contributed by atoms with Crippen molar-refractivity contribution in [3.05, 3.63) is 18.7 Å². The van der Waals surface area contributed by atoms with Gasteiger partial charge >= 0.3 is 6.09 Å². The Morgan fingerprint density at radius 3 is 2.65 bits per heavy atom. The Morgan fingerprint density at radius 2 is 2.18 bits per heavy atom. The molecule has 0 N–H and O–H groups in total. The summed E-state index contributed by atoms with van der Waals surface area (Å²) in [5.41, 5.74) is -0.434. The van der Waals surface area contributed by atoms with Gasteiger partial charge in [-0.3, -0.25) is 0 Å². The van der Waals surface area contributed by atoms with E-state index in [-0.39, 0.29) is 12.1 Å². The topological polar surface area (TPSA) is 47.4 Å². The van der Waals surface area contributed by atoms with Crippen LogP contribution in [0.2, 0.25) is 0 Å². The van der Waals surface area contributed by atoms with E-state index < -0.39 is 5.60 Å². The Bertz CT molecular complexity index is 394. The van der Waals surface area contributed by atoms with Crippen LogP contribution >= 0.6 is 0 Å². The third-order valence-corrected chi connectivity index (χ3v) is 2.97. The number of aromatic nitrogens is 2. The van der Waals surface area contributed by atoms with Crippen molar-refractivity contribution in [1.82, 2.24) is 14.5 Å². The molecule has 0 saturated carbocycles. The molecule has 2 rings (SSSR count). The molecule has 17 heavy (non-hydrogen) atoms. The normalized spacial score (nSPS) is 24.4. The zero-order valence-electron chi connectivity index (χ0n) is 10.8. The molecule has 5 nitrogen and oxygen atoms in total. The predicted molar refractivity (Wildman–Crippen MR) is 63.7 cm³/mol. The number of amides is 1. The van der Waals surface area contributed by atoms with Crippen molar-refractivity contribution >= 4 is 6.09 Å². The minimum atomic E-state index is -0.434. The summed E-state index contributed by atoms with van der Waals surface area (Å²) in [6.07, 6.45) is 5.23. The van der Waals surface area contributed by atoms with Crippen LogP contribution in [-0.4, -0.2) is 38.7 Å². The van der Waals surface area contributed by atoms with Gasteiger partial charge in [-0.1, -0.05) is 0 Å². The quantitative estimate of drug-likeness (QED) is 0.751. The maximum absolute atomic E-state index is 11.8. The highest BCUT2D eigenvalue weighted by atomic mass is 16.6. The molecular weight excluding hydrogens is 218 g/mol. The lowest BCUT2D eigenvalue weighted by Crippen LogP contribution is -2.58. The fourth-order valence-corrected chi connectivity index (χ4v) is 1.96. The first-order chi connectivity index (χ1) is 7.88. The number of carbonyl (C=O) groups excluding carboxylic acids is 1. The Balaban J connectivity index is 1.93. The molecule has 0 bridgehead atoms. The molecule has 1 saturated heterocycles. The van der Waals surface area contributed by atoms with E-state index in [0.717, 1.165) is 0 Å². The molecule has 1 aromatic heterocycles. The average molecular weight is 237 g/mol. The Kier molecular flexibility index (Phi) is 2.85. The summed E-state index contributed by atoms with van der Waals surface area (Å²) in [6, 6.07) is 0.462. The standard InChI is InChI=1S/C12H19N3O2/c1-9-10(14-6-5-13-8-14)7-15(9)11(16)17-12(2,3)4/h5-6,8-10H,7H2,1-4H3/t9?,10-/m0/s1. The Hall–Kier alpha value is -1.52. The van der Waals surface area contributed by atoms with Gasteiger partial charge in [0.2, 0.25) is 0 Å². The van der Waals surface area contributed by atoms with Crippen LogP contribution in [0.5, 0.6) is 0 Å². The van der Waals surface area contributed by atoms with Gasteiger partial charge in [0.15, 0.2) is 0 Å². The number of imidazole rings is 1. The van der Waals surface area contributed by atoms with Gasteiger partial charge < -0.3 is 14.2 Å². The summed E-state index contributed by atoms with van der Waals surface area (Å²) in [4.78, 5) is 17.6. The van der Waals surface area contributed by atoms with Gasteiger partial charge in [-0.15, -0.1) is 0 Å². The minimum Gasteiger partial charge on any atom is -0.444 e. The summed E-state index contributed by atoms with van der Waals surface area (Å²) in [7, 11) is 0. The van der Waals surface area contributed by atoms with Gasteiger partial charge in [0.05, 0.1) is 18.4 Å². The summed E-state index contributed by atoms with van der Waals surface area (Å²) < 4.78 is 7.37. The van der Waals surface area contributed by atoms with Gasteiger partial charge in [0, 0.05) is 18.9 Å². The highest BCUT2D eigenvalue weighted by Gasteiger charge is 2.41. The maximum Gasteiger partial charge on any atom is 0.410 e. The number of hydrogen-bond donors (Lipinski definition) is 0. The average Bonchev–Trinajstić information content (AvgIpc) is 2.65.